The highest BCUT2D eigenvalue weighted by molar-refractivity contribution is 5.89. The second-order valence-corrected chi connectivity index (χ2v) is 4.60. The molecule has 0 aliphatic heterocycles. The van der Waals surface area contributed by atoms with Crippen LogP contribution in [-0.4, -0.2) is 17.6 Å². The van der Waals surface area contributed by atoms with Crippen LogP contribution in [0.1, 0.15) is 25.0 Å². The van der Waals surface area contributed by atoms with Gasteiger partial charge in [0.05, 0.1) is 0 Å². The van der Waals surface area contributed by atoms with Crippen molar-refractivity contribution >= 4 is 11.7 Å². The normalized spacial score (nSPS) is 10.3. The zero-order valence-electron chi connectivity index (χ0n) is 12.0. The number of carbonyl (C=O) groups excluding carboxylic acids is 1. The summed E-state index contributed by atoms with van der Waals surface area (Å²) in [6, 6.07) is 7.35. The first-order valence-corrected chi connectivity index (χ1v) is 6.69. The lowest BCUT2D eigenvalue weighted by Gasteiger charge is -2.07. The highest BCUT2D eigenvalue weighted by Crippen LogP contribution is 2.24. The van der Waals surface area contributed by atoms with Crippen molar-refractivity contribution in [2.45, 2.75) is 27.2 Å². The van der Waals surface area contributed by atoms with Crippen molar-refractivity contribution in [1.82, 2.24) is 10.3 Å². The van der Waals surface area contributed by atoms with Crippen LogP contribution in [0.2, 0.25) is 0 Å². The number of aryl methyl sites for hydroxylation is 2. The summed E-state index contributed by atoms with van der Waals surface area (Å²) in [5.74, 6) is 1.45. The first-order chi connectivity index (χ1) is 9.60. The summed E-state index contributed by atoms with van der Waals surface area (Å²) in [7, 11) is 0. The molecule has 1 heterocycles. The number of rotatable bonds is 4. The molecule has 0 saturated heterocycles. The molecule has 5 nitrogen and oxygen atoms in total. The van der Waals surface area contributed by atoms with Gasteiger partial charge in [-0.25, -0.2) is 9.78 Å². The van der Waals surface area contributed by atoms with Gasteiger partial charge in [0.15, 0.2) is 5.89 Å². The largest absolute Gasteiger partial charge is 0.446 e. The number of nitrogens with zero attached hydrogens (tertiary/aromatic N) is 1. The number of anilines is 1. The maximum atomic E-state index is 11.5. The smallest absolute Gasteiger partial charge is 0.319 e. The third kappa shape index (κ3) is 3.38. The molecule has 0 radical (unpaired) electrons. The van der Waals surface area contributed by atoms with Gasteiger partial charge in [0.25, 0.3) is 0 Å². The van der Waals surface area contributed by atoms with E-state index in [9.17, 15) is 4.79 Å². The van der Waals surface area contributed by atoms with Crippen molar-refractivity contribution in [3.05, 3.63) is 35.9 Å². The molecule has 2 N–H and O–H groups in total. The number of benzene rings is 1. The molecule has 5 heteroatoms. The average Bonchev–Trinajstić information content (AvgIpc) is 2.76. The number of hydrogen-bond acceptors (Lipinski definition) is 3. The van der Waals surface area contributed by atoms with E-state index in [1.54, 1.807) is 0 Å². The van der Waals surface area contributed by atoms with Crippen molar-refractivity contribution < 1.29 is 9.21 Å². The number of oxazole rings is 1. The van der Waals surface area contributed by atoms with Gasteiger partial charge in [-0.3, -0.25) is 0 Å². The molecule has 2 aromatic rings. The van der Waals surface area contributed by atoms with Gasteiger partial charge in [0.1, 0.15) is 11.5 Å². The second kappa shape index (κ2) is 6.23. The molecule has 106 valence electrons. The molecule has 0 atom stereocenters. The summed E-state index contributed by atoms with van der Waals surface area (Å²) in [6.45, 7) is 6.39. The summed E-state index contributed by atoms with van der Waals surface area (Å²) in [6.07, 6.45) is 0.914. The zero-order chi connectivity index (χ0) is 14.5. The van der Waals surface area contributed by atoms with E-state index in [4.69, 9.17) is 4.42 Å². The Hall–Kier alpha value is -2.30. The van der Waals surface area contributed by atoms with Gasteiger partial charge in [0, 0.05) is 24.7 Å². The summed E-state index contributed by atoms with van der Waals surface area (Å²) in [4.78, 5) is 15.9. The second-order valence-electron chi connectivity index (χ2n) is 4.60. The van der Waals surface area contributed by atoms with Gasteiger partial charge >= 0.3 is 6.03 Å². The summed E-state index contributed by atoms with van der Waals surface area (Å²) < 4.78 is 5.42. The van der Waals surface area contributed by atoms with E-state index in [-0.39, 0.29) is 6.03 Å². The monoisotopic (exact) mass is 273 g/mol. The maximum Gasteiger partial charge on any atom is 0.319 e. The molecule has 2 rings (SSSR count). The van der Waals surface area contributed by atoms with Crippen LogP contribution in [0, 0.1) is 13.8 Å². The van der Waals surface area contributed by atoms with E-state index in [1.165, 1.54) is 0 Å². The molecule has 0 aliphatic rings. The predicted molar refractivity (Wildman–Crippen MR) is 78.7 cm³/mol. The Labute approximate surface area is 118 Å². The number of aromatic nitrogens is 1. The Balaban J connectivity index is 2.07. The minimum atomic E-state index is -0.187. The van der Waals surface area contributed by atoms with E-state index in [1.807, 2.05) is 45.0 Å². The Morgan fingerprint density at radius 2 is 1.95 bits per heavy atom. The number of amides is 2. The zero-order valence-corrected chi connectivity index (χ0v) is 12.0. The number of nitrogens with one attached hydrogen (secondary N) is 2. The summed E-state index contributed by atoms with van der Waals surface area (Å²) >= 11 is 0. The molecule has 0 saturated carbocycles. The fraction of sp³-hybridized carbons (Fsp3) is 0.333. The van der Waals surface area contributed by atoms with Gasteiger partial charge < -0.3 is 15.1 Å². The molecule has 0 aliphatic carbocycles. The SMILES string of the molecule is CCCNC(=O)Nc1ccc(-c2nc(C)oc2C)cc1. The topological polar surface area (TPSA) is 67.2 Å². The van der Waals surface area contributed by atoms with E-state index in [0.717, 1.165) is 29.1 Å². The molecule has 2 amide bonds. The average molecular weight is 273 g/mol. The van der Waals surface area contributed by atoms with E-state index in [2.05, 4.69) is 15.6 Å². The van der Waals surface area contributed by atoms with E-state index >= 15 is 0 Å². The lowest BCUT2D eigenvalue weighted by Crippen LogP contribution is -2.29. The predicted octanol–water partition coefficient (Wildman–Crippen LogP) is 3.49. The molecule has 0 spiro atoms. The third-order valence-corrected chi connectivity index (χ3v) is 2.86. The van der Waals surface area contributed by atoms with Crippen LogP contribution in [0.5, 0.6) is 0 Å². The van der Waals surface area contributed by atoms with Crippen LogP contribution in [0.3, 0.4) is 0 Å². The van der Waals surface area contributed by atoms with Crippen LogP contribution in [0.15, 0.2) is 28.7 Å². The number of carbonyl (C=O) groups is 1. The fourth-order valence-corrected chi connectivity index (χ4v) is 1.92. The molecule has 0 bridgehead atoms. The Kier molecular flexibility index (Phi) is 4.40. The van der Waals surface area contributed by atoms with Crippen molar-refractivity contribution in [3.8, 4) is 11.3 Å². The minimum Gasteiger partial charge on any atom is -0.446 e. The van der Waals surface area contributed by atoms with E-state index < -0.39 is 0 Å². The van der Waals surface area contributed by atoms with Crippen LogP contribution in [0.25, 0.3) is 11.3 Å². The number of urea groups is 1. The lowest BCUT2D eigenvalue weighted by atomic mass is 10.1. The van der Waals surface area contributed by atoms with Gasteiger partial charge in [-0.05, 0) is 25.5 Å². The molecule has 1 aromatic carbocycles. The minimum absolute atomic E-state index is 0.187. The van der Waals surface area contributed by atoms with E-state index in [0.29, 0.717) is 12.4 Å². The molecular weight excluding hydrogens is 254 g/mol. The summed E-state index contributed by atoms with van der Waals surface area (Å²) in [5, 5.41) is 5.54. The van der Waals surface area contributed by atoms with Crippen molar-refractivity contribution in [2.75, 3.05) is 11.9 Å². The van der Waals surface area contributed by atoms with Gasteiger partial charge in [-0.2, -0.15) is 0 Å². The van der Waals surface area contributed by atoms with Crippen molar-refractivity contribution in [2.24, 2.45) is 0 Å². The highest BCUT2D eigenvalue weighted by atomic mass is 16.4. The van der Waals surface area contributed by atoms with Gasteiger partial charge in [-0.15, -0.1) is 0 Å². The Bertz CT molecular complexity index is 588. The first-order valence-electron chi connectivity index (χ1n) is 6.69. The van der Waals surface area contributed by atoms with Gasteiger partial charge in [-0.1, -0.05) is 19.1 Å². The molecular formula is C15H19N3O2. The molecule has 1 aromatic heterocycles. The van der Waals surface area contributed by atoms with Crippen LogP contribution in [-0.2, 0) is 0 Å². The van der Waals surface area contributed by atoms with Crippen LogP contribution >= 0.6 is 0 Å². The third-order valence-electron chi connectivity index (χ3n) is 2.86. The molecule has 0 unspecified atom stereocenters. The lowest BCUT2D eigenvalue weighted by molar-refractivity contribution is 0.252. The highest BCUT2D eigenvalue weighted by Gasteiger charge is 2.09. The fourth-order valence-electron chi connectivity index (χ4n) is 1.92. The number of hydrogen-bond donors (Lipinski definition) is 2. The quantitative estimate of drug-likeness (QED) is 0.896. The summed E-state index contributed by atoms with van der Waals surface area (Å²) in [5.41, 5.74) is 2.56. The Morgan fingerprint density at radius 3 is 2.50 bits per heavy atom. The van der Waals surface area contributed by atoms with Crippen LogP contribution in [0.4, 0.5) is 10.5 Å². The van der Waals surface area contributed by atoms with Crippen molar-refractivity contribution in [1.29, 1.82) is 0 Å². The van der Waals surface area contributed by atoms with Crippen molar-refractivity contribution in [3.63, 3.8) is 0 Å². The molecule has 20 heavy (non-hydrogen) atoms. The van der Waals surface area contributed by atoms with Gasteiger partial charge in [0.2, 0.25) is 0 Å². The first kappa shape index (κ1) is 14.1. The molecule has 0 fully saturated rings. The maximum absolute atomic E-state index is 11.5. The standard InChI is InChI=1S/C15H19N3O2/c1-4-9-16-15(19)18-13-7-5-12(6-8-13)14-10(2)20-11(3)17-14/h5-8H,4,9H2,1-3H3,(H2,16,18,19). The Morgan fingerprint density at radius 1 is 1.25 bits per heavy atom. The van der Waals surface area contributed by atoms with Crippen LogP contribution < -0.4 is 10.6 Å².